The van der Waals surface area contributed by atoms with E-state index in [0.29, 0.717) is 0 Å². The Kier molecular flexibility index (Phi) is 4.69. The van der Waals surface area contributed by atoms with E-state index in [2.05, 4.69) is 23.4 Å². The lowest BCUT2D eigenvalue weighted by molar-refractivity contribution is 0.414. The molecule has 0 aliphatic heterocycles. The number of ether oxygens (including phenoxy) is 2. The summed E-state index contributed by atoms with van der Waals surface area (Å²) in [6.07, 6.45) is 0. The van der Waals surface area contributed by atoms with Crippen molar-refractivity contribution in [2.75, 3.05) is 14.2 Å². The molecular formula is C22H20N2O2S. The highest BCUT2D eigenvalue weighted by Crippen LogP contribution is 2.36. The monoisotopic (exact) mass is 376 g/mol. The number of benzene rings is 2. The van der Waals surface area contributed by atoms with E-state index in [-0.39, 0.29) is 0 Å². The predicted octanol–water partition coefficient (Wildman–Crippen LogP) is 5.80. The third kappa shape index (κ3) is 3.34. The molecule has 27 heavy (non-hydrogen) atoms. The number of methoxy groups -OCH3 is 2. The van der Waals surface area contributed by atoms with Crippen molar-refractivity contribution in [3.05, 3.63) is 65.5 Å². The van der Waals surface area contributed by atoms with Gasteiger partial charge in [0, 0.05) is 11.1 Å². The first-order chi connectivity index (χ1) is 13.2. The zero-order valence-electron chi connectivity index (χ0n) is 15.4. The predicted molar refractivity (Wildman–Crippen MR) is 111 cm³/mol. The smallest absolute Gasteiger partial charge is 0.148 e. The maximum atomic E-state index is 5.29. The van der Waals surface area contributed by atoms with Crippen molar-refractivity contribution in [3.8, 4) is 44.7 Å². The third-order valence-corrected chi connectivity index (χ3v) is 5.55. The number of hydrogen-bond acceptors (Lipinski definition) is 4. The molecule has 0 bridgehead atoms. The molecule has 4 nitrogen and oxygen atoms in total. The number of hydrogen-bond donors (Lipinski definition) is 1. The lowest BCUT2D eigenvalue weighted by Crippen LogP contribution is -1.87. The molecule has 4 aromatic rings. The fraction of sp³-hybridized carbons (Fsp3) is 0.136. The summed E-state index contributed by atoms with van der Waals surface area (Å²) in [5.74, 6) is 2.55. The fourth-order valence-corrected chi connectivity index (χ4v) is 3.89. The Labute approximate surface area is 162 Å². The molecule has 1 N–H and O–H groups in total. The first-order valence-electron chi connectivity index (χ1n) is 8.63. The minimum absolute atomic E-state index is 0.828. The lowest BCUT2D eigenvalue weighted by Gasteiger charge is -2.06. The summed E-state index contributed by atoms with van der Waals surface area (Å²) in [7, 11) is 3.34. The van der Waals surface area contributed by atoms with Crippen LogP contribution in [-0.4, -0.2) is 24.2 Å². The van der Waals surface area contributed by atoms with E-state index in [4.69, 9.17) is 14.5 Å². The van der Waals surface area contributed by atoms with Gasteiger partial charge in [0.05, 0.1) is 30.5 Å². The molecule has 0 aliphatic rings. The molecule has 0 amide bonds. The Hall–Kier alpha value is -3.05. The van der Waals surface area contributed by atoms with E-state index in [1.807, 2.05) is 48.5 Å². The van der Waals surface area contributed by atoms with Crippen LogP contribution in [0.3, 0.4) is 0 Å². The van der Waals surface area contributed by atoms with Gasteiger partial charge in [-0.05, 0) is 72.5 Å². The summed E-state index contributed by atoms with van der Waals surface area (Å²) in [5, 5.41) is 2.09. The van der Waals surface area contributed by atoms with Gasteiger partial charge in [-0.1, -0.05) is 0 Å². The van der Waals surface area contributed by atoms with Gasteiger partial charge in [0.15, 0.2) is 0 Å². The van der Waals surface area contributed by atoms with Gasteiger partial charge in [0.2, 0.25) is 0 Å². The molecule has 2 aromatic carbocycles. The number of nitrogens with zero attached hydrogens (tertiary/aromatic N) is 1. The molecule has 0 radical (unpaired) electrons. The normalized spacial score (nSPS) is 10.8. The second-order valence-corrected chi connectivity index (χ2v) is 7.11. The van der Waals surface area contributed by atoms with Crippen molar-refractivity contribution >= 4 is 11.3 Å². The van der Waals surface area contributed by atoms with Crippen LogP contribution in [-0.2, 0) is 0 Å². The van der Waals surface area contributed by atoms with E-state index in [9.17, 15) is 0 Å². The van der Waals surface area contributed by atoms with E-state index < -0.39 is 0 Å². The molecule has 0 atom stereocenters. The van der Waals surface area contributed by atoms with Crippen LogP contribution in [0.5, 0.6) is 11.5 Å². The summed E-state index contributed by atoms with van der Waals surface area (Å²) >= 11 is 1.69. The van der Waals surface area contributed by atoms with Gasteiger partial charge in [0.25, 0.3) is 0 Å². The summed E-state index contributed by atoms with van der Waals surface area (Å²) in [5.41, 5.74) is 5.24. The molecule has 0 spiro atoms. The van der Waals surface area contributed by atoms with Crippen molar-refractivity contribution in [1.29, 1.82) is 0 Å². The minimum Gasteiger partial charge on any atom is -0.497 e. The van der Waals surface area contributed by atoms with Gasteiger partial charge >= 0.3 is 0 Å². The molecule has 0 fully saturated rings. The number of nitrogens with one attached hydrogen (secondary N) is 1. The molecule has 2 aromatic heterocycles. The number of rotatable bonds is 5. The third-order valence-electron chi connectivity index (χ3n) is 4.52. The maximum absolute atomic E-state index is 5.29. The zero-order valence-corrected chi connectivity index (χ0v) is 16.3. The minimum atomic E-state index is 0.828. The average Bonchev–Trinajstić information content (AvgIpc) is 3.34. The highest BCUT2D eigenvalue weighted by molar-refractivity contribution is 7.13. The lowest BCUT2D eigenvalue weighted by atomic mass is 10.0. The summed E-state index contributed by atoms with van der Waals surface area (Å²) in [4.78, 5) is 9.63. The molecule has 2 heterocycles. The SMILES string of the molecule is COc1ccc(-c2nc(-c3sccc3C)[nH]c2-c2ccc(OC)cc2)cc1. The molecule has 0 aliphatic carbocycles. The Morgan fingerprint density at radius 3 is 1.93 bits per heavy atom. The van der Waals surface area contributed by atoms with Crippen LogP contribution < -0.4 is 9.47 Å². The number of H-pyrrole nitrogens is 1. The summed E-state index contributed by atoms with van der Waals surface area (Å²) < 4.78 is 10.6. The summed E-state index contributed by atoms with van der Waals surface area (Å²) in [6.45, 7) is 2.11. The zero-order chi connectivity index (χ0) is 18.8. The number of aromatic amines is 1. The highest BCUT2D eigenvalue weighted by Gasteiger charge is 2.17. The number of thiophene rings is 1. The molecule has 0 saturated carbocycles. The molecule has 0 unspecified atom stereocenters. The first kappa shape index (κ1) is 17.4. The van der Waals surface area contributed by atoms with Crippen LogP contribution in [0.15, 0.2) is 60.0 Å². The van der Waals surface area contributed by atoms with Crippen LogP contribution in [0.4, 0.5) is 0 Å². The second-order valence-electron chi connectivity index (χ2n) is 6.20. The number of aryl methyl sites for hydroxylation is 1. The van der Waals surface area contributed by atoms with E-state index >= 15 is 0 Å². The van der Waals surface area contributed by atoms with Crippen LogP contribution in [0.2, 0.25) is 0 Å². The average molecular weight is 376 g/mol. The van der Waals surface area contributed by atoms with Crippen molar-refractivity contribution in [3.63, 3.8) is 0 Å². The second kappa shape index (κ2) is 7.29. The number of imidazole rings is 1. The van der Waals surface area contributed by atoms with Crippen molar-refractivity contribution in [2.45, 2.75) is 6.92 Å². The van der Waals surface area contributed by atoms with Gasteiger partial charge in [-0.15, -0.1) is 11.3 Å². The van der Waals surface area contributed by atoms with E-state index in [0.717, 1.165) is 44.7 Å². The van der Waals surface area contributed by atoms with Crippen LogP contribution >= 0.6 is 11.3 Å². The van der Waals surface area contributed by atoms with Gasteiger partial charge < -0.3 is 14.5 Å². The van der Waals surface area contributed by atoms with Gasteiger partial charge in [-0.2, -0.15) is 0 Å². The van der Waals surface area contributed by atoms with Crippen molar-refractivity contribution in [2.24, 2.45) is 0 Å². The van der Waals surface area contributed by atoms with Crippen LogP contribution in [0.1, 0.15) is 5.56 Å². The fourth-order valence-electron chi connectivity index (χ4n) is 3.02. The van der Waals surface area contributed by atoms with Crippen LogP contribution in [0, 0.1) is 6.92 Å². The quantitative estimate of drug-likeness (QED) is 0.479. The number of aromatic nitrogens is 2. The largest absolute Gasteiger partial charge is 0.497 e. The molecule has 4 rings (SSSR count). The van der Waals surface area contributed by atoms with Crippen molar-refractivity contribution < 1.29 is 9.47 Å². The Bertz CT molecular complexity index is 982. The Morgan fingerprint density at radius 2 is 1.41 bits per heavy atom. The van der Waals surface area contributed by atoms with E-state index in [1.54, 1.807) is 25.6 Å². The van der Waals surface area contributed by atoms with E-state index in [1.165, 1.54) is 5.56 Å². The Morgan fingerprint density at radius 1 is 0.815 bits per heavy atom. The molecule has 0 saturated heterocycles. The maximum Gasteiger partial charge on any atom is 0.148 e. The van der Waals surface area contributed by atoms with Gasteiger partial charge in [0.1, 0.15) is 17.3 Å². The van der Waals surface area contributed by atoms with Crippen LogP contribution in [0.25, 0.3) is 33.2 Å². The highest BCUT2D eigenvalue weighted by atomic mass is 32.1. The summed E-state index contributed by atoms with van der Waals surface area (Å²) in [6, 6.07) is 18.1. The van der Waals surface area contributed by atoms with Gasteiger partial charge in [-0.3, -0.25) is 0 Å². The van der Waals surface area contributed by atoms with Gasteiger partial charge in [-0.25, -0.2) is 4.98 Å². The van der Waals surface area contributed by atoms with Crippen molar-refractivity contribution in [1.82, 2.24) is 9.97 Å². The standard InChI is InChI=1S/C22H20N2O2S/c1-14-12-13-27-21(14)22-23-19(15-4-8-17(25-2)9-5-15)20(24-22)16-6-10-18(26-3)11-7-16/h4-13H,1-3H3,(H,23,24). The molecule has 5 heteroatoms. The molecule has 136 valence electrons. The topological polar surface area (TPSA) is 47.1 Å². The Balaban J connectivity index is 1.86. The molecular weight excluding hydrogens is 356 g/mol. The first-order valence-corrected chi connectivity index (χ1v) is 9.51.